The van der Waals surface area contributed by atoms with Crippen molar-refractivity contribution < 1.29 is 14.3 Å². The number of thiazole rings is 1. The van der Waals surface area contributed by atoms with Crippen LogP contribution in [0.5, 0.6) is 5.75 Å². The zero-order chi connectivity index (χ0) is 15.8. The largest absolute Gasteiger partial charge is 0.508 e. The summed E-state index contributed by atoms with van der Waals surface area (Å²) < 4.78 is 5.04. The molecule has 2 N–H and O–H groups in total. The van der Waals surface area contributed by atoms with E-state index in [-0.39, 0.29) is 11.9 Å². The van der Waals surface area contributed by atoms with Gasteiger partial charge in [-0.05, 0) is 36.1 Å². The number of amides is 1. The Hall–Kier alpha value is -2.60. The molecule has 0 spiro atoms. The molecule has 0 bridgehead atoms. The Bertz CT molecular complexity index is 855. The predicted octanol–water partition coefficient (Wildman–Crippen LogP) is 3.53. The lowest BCUT2D eigenvalue weighted by molar-refractivity contribution is 0.0932. The van der Waals surface area contributed by atoms with E-state index in [9.17, 15) is 9.90 Å². The van der Waals surface area contributed by atoms with Crippen molar-refractivity contribution in [1.29, 1.82) is 0 Å². The van der Waals surface area contributed by atoms with Crippen LogP contribution < -0.4 is 5.32 Å². The van der Waals surface area contributed by atoms with Crippen molar-refractivity contribution >= 4 is 17.2 Å². The highest BCUT2D eigenvalue weighted by Crippen LogP contribution is 2.36. The van der Waals surface area contributed by atoms with Gasteiger partial charge in [0.1, 0.15) is 22.7 Å². The van der Waals surface area contributed by atoms with Crippen molar-refractivity contribution in [3.05, 3.63) is 59.0 Å². The Morgan fingerprint density at radius 3 is 3.13 bits per heavy atom. The minimum Gasteiger partial charge on any atom is -0.508 e. The van der Waals surface area contributed by atoms with E-state index in [4.69, 9.17) is 4.42 Å². The van der Waals surface area contributed by atoms with Crippen LogP contribution >= 0.6 is 11.3 Å². The Balaban J connectivity index is 1.53. The number of furan rings is 1. The second kappa shape index (κ2) is 5.55. The Morgan fingerprint density at radius 2 is 2.30 bits per heavy atom. The first-order valence-corrected chi connectivity index (χ1v) is 8.20. The maximum atomic E-state index is 12.4. The number of carbonyl (C=O) groups is 1. The van der Waals surface area contributed by atoms with Crippen LogP contribution in [0.3, 0.4) is 0 Å². The van der Waals surface area contributed by atoms with Crippen molar-refractivity contribution in [3.8, 4) is 16.3 Å². The number of phenols is 1. The third-order valence-electron chi connectivity index (χ3n) is 4.06. The van der Waals surface area contributed by atoms with Crippen LogP contribution in [0.2, 0.25) is 0 Å². The van der Waals surface area contributed by atoms with Gasteiger partial charge in [0.2, 0.25) is 0 Å². The molecule has 116 valence electrons. The smallest absolute Gasteiger partial charge is 0.271 e. The number of fused-ring (bicyclic) bond motifs is 1. The maximum absolute atomic E-state index is 12.4. The quantitative estimate of drug-likeness (QED) is 0.772. The number of phenolic OH excluding ortho intramolecular Hbond substituents is 1. The summed E-state index contributed by atoms with van der Waals surface area (Å²) in [6.45, 7) is 0. The summed E-state index contributed by atoms with van der Waals surface area (Å²) in [6, 6.07) is 7.17. The van der Waals surface area contributed by atoms with Crippen molar-refractivity contribution in [2.75, 3.05) is 0 Å². The fourth-order valence-electron chi connectivity index (χ4n) is 2.91. The number of aromatic hydroxyl groups is 1. The number of hydrogen-bond acceptors (Lipinski definition) is 5. The first-order chi connectivity index (χ1) is 11.2. The van der Waals surface area contributed by atoms with E-state index in [1.54, 1.807) is 30.0 Å². The van der Waals surface area contributed by atoms with Crippen LogP contribution in [0, 0.1) is 0 Å². The molecule has 0 radical (unpaired) electrons. The normalized spacial score (nSPS) is 16.3. The summed E-state index contributed by atoms with van der Waals surface area (Å²) in [6.07, 6.45) is 4.75. The lowest BCUT2D eigenvalue weighted by atomic mass is 10.1. The summed E-state index contributed by atoms with van der Waals surface area (Å²) in [7, 11) is 0. The molecule has 0 saturated heterocycles. The van der Waals surface area contributed by atoms with Crippen molar-refractivity contribution in [2.45, 2.75) is 18.9 Å². The minimum atomic E-state index is -0.197. The van der Waals surface area contributed by atoms with Gasteiger partial charge >= 0.3 is 0 Å². The number of aromatic nitrogens is 1. The number of carbonyl (C=O) groups excluding carboxylic acids is 1. The van der Waals surface area contributed by atoms with Crippen molar-refractivity contribution in [1.82, 2.24) is 10.3 Å². The Morgan fingerprint density at radius 1 is 1.39 bits per heavy atom. The monoisotopic (exact) mass is 326 g/mol. The zero-order valence-corrected chi connectivity index (χ0v) is 13.0. The zero-order valence-electron chi connectivity index (χ0n) is 12.2. The number of hydrogen-bond donors (Lipinski definition) is 2. The number of nitrogens with one attached hydrogen (secondary N) is 1. The molecule has 23 heavy (non-hydrogen) atoms. The number of rotatable bonds is 3. The van der Waals surface area contributed by atoms with Gasteiger partial charge in [-0.2, -0.15) is 0 Å². The lowest BCUT2D eigenvalue weighted by Crippen LogP contribution is -2.27. The van der Waals surface area contributed by atoms with Crippen molar-refractivity contribution in [2.24, 2.45) is 0 Å². The summed E-state index contributed by atoms with van der Waals surface area (Å²) in [5.41, 5.74) is 3.18. The third-order valence-corrected chi connectivity index (χ3v) is 4.95. The fourth-order valence-corrected chi connectivity index (χ4v) is 3.70. The van der Waals surface area contributed by atoms with E-state index in [0.29, 0.717) is 11.4 Å². The lowest BCUT2D eigenvalue weighted by Gasteiger charge is -2.13. The topological polar surface area (TPSA) is 75.4 Å². The second-order valence-corrected chi connectivity index (χ2v) is 6.32. The number of benzene rings is 1. The van der Waals surface area contributed by atoms with Gasteiger partial charge in [-0.25, -0.2) is 4.98 Å². The van der Waals surface area contributed by atoms with Crippen LogP contribution in [-0.2, 0) is 6.42 Å². The van der Waals surface area contributed by atoms with Gasteiger partial charge in [0.05, 0.1) is 12.3 Å². The van der Waals surface area contributed by atoms with Gasteiger partial charge in [0.15, 0.2) is 0 Å². The standard InChI is InChI=1S/C17H14N2O3S/c20-15-3-1-2-11-12(15)4-5-13(11)18-16(21)14-9-23-17(19-14)10-6-7-22-8-10/h1-3,6-9,13,20H,4-5H2,(H,18,21)/t13-/m1/s1. The molecular weight excluding hydrogens is 312 g/mol. The third kappa shape index (κ3) is 2.51. The predicted molar refractivity (Wildman–Crippen MR) is 86.5 cm³/mol. The highest BCUT2D eigenvalue weighted by Gasteiger charge is 2.26. The molecule has 0 fully saturated rings. The van der Waals surface area contributed by atoms with Crippen LogP contribution in [0.15, 0.2) is 46.6 Å². The number of nitrogens with zero attached hydrogens (tertiary/aromatic N) is 1. The fraction of sp³-hybridized carbons (Fsp3) is 0.176. The molecule has 1 aliphatic carbocycles. The minimum absolute atomic E-state index is 0.0799. The summed E-state index contributed by atoms with van der Waals surface area (Å²) >= 11 is 1.41. The van der Waals surface area contributed by atoms with E-state index >= 15 is 0 Å². The molecule has 4 rings (SSSR count). The van der Waals surface area contributed by atoms with Gasteiger partial charge in [0.25, 0.3) is 5.91 Å². The average molecular weight is 326 g/mol. The molecule has 3 aromatic rings. The first kappa shape index (κ1) is 14.0. The van der Waals surface area contributed by atoms with Crippen LogP contribution in [0.25, 0.3) is 10.6 Å². The highest BCUT2D eigenvalue weighted by molar-refractivity contribution is 7.13. The van der Waals surface area contributed by atoms with Crippen molar-refractivity contribution in [3.63, 3.8) is 0 Å². The van der Waals surface area contributed by atoms with Gasteiger partial charge in [-0.15, -0.1) is 11.3 Å². The molecule has 0 unspecified atom stereocenters. The van der Waals surface area contributed by atoms with E-state index in [1.807, 2.05) is 12.1 Å². The van der Waals surface area contributed by atoms with Crippen LogP contribution in [0.4, 0.5) is 0 Å². The van der Waals surface area contributed by atoms with E-state index in [1.165, 1.54) is 11.3 Å². The summed E-state index contributed by atoms with van der Waals surface area (Å²) in [5.74, 6) is 0.104. The molecular formula is C17H14N2O3S. The van der Waals surface area contributed by atoms with Gasteiger partial charge in [0, 0.05) is 10.9 Å². The van der Waals surface area contributed by atoms with Crippen LogP contribution in [-0.4, -0.2) is 16.0 Å². The maximum Gasteiger partial charge on any atom is 0.271 e. The molecule has 0 saturated carbocycles. The molecule has 2 aromatic heterocycles. The van der Waals surface area contributed by atoms with Gasteiger partial charge in [-0.3, -0.25) is 4.79 Å². The summed E-state index contributed by atoms with van der Waals surface area (Å²) in [5, 5.41) is 15.4. The Kier molecular flexibility index (Phi) is 3.38. The van der Waals surface area contributed by atoms with E-state index < -0.39 is 0 Å². The first-order valence-electron chi connectivity index (χ1n) is 7.32. The molecule has 5 nitrogen and oxygen atoms in total. The second-order valence-electron chi connectivity index (χ2n) is 5.46. The molecule has 1 aromatic carbocycles. The van der Waals surface area contributed by atoms with Crippen LogP contribution in [0.1, 0.15) is 34.1 Å². The van der Waals surface area contributed by atoms with Gasteiger partial charge < -0.3 is 14.8 Å². The average Bonchev–Trinajstić information content (AvgIpc) is 3.28. The molecule has 0 aliphatic heterocycles. The van der Waals surface area contributed by atoms with E-state index in [2.05, 4.69) is 10.3 Å². The highest BCUT2D eigenvalue weighted by atomic mass is 32.1. The molecule has 6 heteroatoms. The summed E-state index contributed by atoms with van der Waals surface area (Å²) in [4.78, 5) is 16.8. The van der Waals surface area contributed by atoms with Gasteiger partial charge in [-0.1, -0.05) is 12.1 Å². The molecule has 2 heterocycles. The molecule has 1 aliphatic rings. The molecule has 1 amide bonds. The molecule has 1 atom stereocenters. The Labute approximate surface area is 136 Å². The van der Waals surface area contributed by atoms with E-state index in [0.717, 1.165) is 34.5 Å². The SMILES string of the molecule is O=C(N[C@@H]1CCc2c(O)cccc21)c1csc(-c2ccoc2)n1.